The summed E-state index contributed by atoms with van der Waals surface area (Å²) in [6.45, 7) is 5.18. The fraction of sp³-hybridized carbons (Fsp3) is 0.323. The number of hydrogen-bond acceptors (Lipinski definition) is 6. The molecule has 192 valence electrons. The molecule has 2 unspecified atom stereocenters. The lowest BCUT2D eigenvalue weighted by Crippen LogP contribution is -2.40. The Morgan fingerprint density at radius 1 is 0.892 bits per heavy atom. The molecular formula is C31H33NO5. The van der Waals surface area contributed by atoms with Gasteiger partial charge in [0.15, 0.2) is 0 Å². The number of rotatable bonds is 8. The second kappa shape index (κ2) is 11.2. The molecule has 4 aromatic carbocycles. The van der Waals surface area contributed by atoms with E-state index in [2.05, 4.69) is 29.2 Å². The van der Waals surface area contributed by atoms with Crippen LogP contribution < -0.4 is 9.47 Å². The van der Waals surface area contributed by atoms with Crippen LogP contribution in [0, 0.1) is 0 Å². The maximum atomic E-state index is 12.8. The SMILES string of the molecule is COc1ccc2cc(C3CN(CCOC(=O)C(C)c4ccc5cc(OC)ccc5c4)CCO3)ccc2c1. The lowest BCUT2D eigenvalue weighted by atomic mass is 9.98. The molecule has 6 heteroatoms. The van der Waals surface area contributed by atoms with Crippen molar-refractivity contribution in [3.05, 3.63) is 83.9 Å². The van der Waals surface area contributed by atoms with Gasteiger partial charge in [-0.05, 0) is 69.9 Å². The smallest absolute Gasteiger partial charge is 0.313 e. The molecule has 0 saturated carbocycles. The molecule has 1 heterocycles. The number of carbonyl (C=O) groups excluding carboxylic acids is 1. The van der Waals surface area contributed by atoms with Gasteiger partial charge in [-0.1, -0.05) is 42.5 Å². The quantitative estimate of drug-likeness (QED) is 0.289. The normalized spacial score (nSPS) is 17.0. The number of benzene rings is 4. The molecule has 0 radical (unpaired) electrons. The number of ether oxygens (including phenoxy) is 4. The van der Waals surface area contributed by atoms with E-state index < -0.39 is 0 Å². The van der Waals surface area contributed by atoms with Crippen molar-refractivity contribution in [2.45, 2.75) is 18.9 Å². The molecule has 0 spiro atoms. The van der Waals surface area contributed by atoms with Crippen LogP contribution in [0.15, 0.2) is 72.8 Å². The molecule has 2 atom stereocenters. The van der Waals surface area contributed by atoms with Crippen molar-refractivity contribution < 1.29 is 23.7 Å². The summed E-state index contributed by atoms with van der Waals surface area (Å²) in [6.07, 6.45) is -0.00824. The maximum Gasteiger partial charge on any atom is 0.313 e. The highest BCUT2D eigenvalue weighted by Gasteiger charge is 2.23. The van der Waals surface area contributed by atoms with Crippen molar-refractivity contribution in [1.82, 2.24) is 4.90 Å². The zero-order chi connectivity index (χ0) is 25.8. The minimum absolute atomic E-state index is 0.00824. The molecule has 0 N–H and O–H groups in total. The van der Waals surface area contributed by atoms with Crippen LogP contribution in [0.3, 0.4) is 0 Å². The Hall–Kier alpha value is -3.61. The van der Waals surface area contributed by atoms with E-state index in [0.29, 0.717) is 19.8 Å². The van der Waals surface area contributed by atoms with Gasteiger partial charge in [0, 0.05) is 19.6 Å². The van der Waals surface area contributed by atoms with Crippen LogP contribution in [-0.2, 0) is 14.3 Å². The van der Waals surface area contributed by atoms with Gasteiger partial charge in [-0.2, -0.15) is 0 Å². The summed E-state index contributed by atoms with van der Waals surface area (Å²) in [7, 11) is 3.34. The van der Waals surface area contributed by atoms with Crippen LogP contribution in [-0.4, -0.2) is 57.9 Å². The molecule has 1 fully saturated rings. The second-order valence-corrected chi connectivity index (χ2v) is 9.49. The Morgan fingerprint density at radius 2 is 1.51 bits per heavy atom. The van der Waals surface area contributed by atoms with Gasteiger partial charge in [-0.15, -0.1) is 0 Å². The molecule has 1 aliphatic heterocycles. The summed E-state index contributed by atoms with van der Waals surface area (Å²) in [4.78, 5) is 15.1. The van der Waals surface area contributed by atoms with Crippen LogP contribution in [0.1, 0.15) is 30.1 Å². The van der Waals surface area contributed by atoms with Crippen LogP contribution in [0.25, 0.3) is 21.5 Å². The van der Waals surface area contributed by atoms with E-state index >= 15 is 0 Å². The first-order valence-corrected chi connectivity index (χ1v) is 12.7. The molecule has 0 aliphatic carbocycles. The Labute approximate surface area is 217 Å². The molecule has 1 aliphatic rings. The molecule has 4 aromatic rings. The van der Waals surface area contributed by atoms with E-state index in [4.69, 9.17) is 18.9 Å². The molecule has 0 aromatic heterocycles. The lowest BCUT2D eigenvalue weighted by molar-refractivity contribution is -0.146. The van der Waals surface area contributed by atoms with Gasteiger partial charge in [0.1, 0.15) is 18.1 Å². The number of carbonyl (C=O) groups is 1. The average Bonchev–Trinajstić information content (AvgIpc) is 2.95. The number of nitrogens with zero attached hydrogens (tertiary/aromatic N) is 1. The highest BCUT2D eigenvalue weighted by molar-refractivity contribution is 5.87. The third kappa shape index (κ3) is 5.71. The van der Waals surface area contributed by atoms with Gasteiger partial charge in [0.2, 0.25) is 0 Å². The number of hydrogen-bond donors (Lipinski definition) is 0. The monoisotopic (exact) mass is 499 g/mol. The van der Waals surface area contributed by atoms with Gasteiger partial charge in [-0.3, -0.25) is 9.69 Å². The summed E-state index contributed by atoms with van der Waals surface area (Å²) in [5, 5.41) is 4.46. The number of methoxy groups -OCH3 is 2. The van der Waals surface area contributed by atoms with Crippen molar-refractivity contribution in [2.24, 2.45) is 0 Å². The van der Waals surface area contributed by atoms with Crippen molar-refractivity contribution in [3.63, 3.8) is 0 Å². The summed E-state index contributed by atoms with van der Waals surface area (Å²) in [5.41, 5.74) is 2.10. The van der Waals surface area contributed by atoms with Crippen LogP contribution >= 0.6 is 0 Å². The highest BCUT2D eigenvalue weighted by Crippen LogP contribution is 2.28. The maximum absolute atomic E-state index is 12.8. The summed E-state index contributed by atoms with van der Waals surface area (Å²) in [5.74, 6) is 1.13. The fourth-order valence-electron chi connectivity index (χ4n) is 4.85. The third-order valence-corrected chi connectivity index (χ3v) is 7.17. The predicted molar refractivity (Wildman–Crippen MR) is 146 cm³/mol. The average molecular weight is 500 g/mol. The molecular weight excluding hydrogens is 466 g/mol. The summed E-state index contributed by atoms with van der Waals surface area (Å²) >= 11 is 0. The van der Waals surface area contributed by atoms with E-state index in [9.17, 15) is 4.79 Å². The van der Waals surface area contributed by atoms with Crippen LogP contribution in [0.5, 0.6) is 11.5 Å². The van der Waals surface area contributed by atoms with Crippen LogP contribution in [0.2, 0.25) is 0 Å². The highest BCUT2D eigenvalue weighted by atomic mass is 16.5. The van der Waals surface area contributed by atoms with Gasteiger partial charge in [0.25, 0.3) is 0 Å². The molecule has 0 bridgehead atoms. The molecule has 6 nitrogen and oxygen atoms in total. The minimum Gasteiger partial charge on any atom is -0.497 e. The first-order chi connectivity index (χ1) is 18.0. The largest absolute Gasteiger partial charge is 0.497 e. The predicted octanol–water partition coefficient (Wildman–Crippen LogP) is 5.73. The minimum atomic E-state index is -0.333. The van der Waals surface area contributed by atoms with E-state index in [0.717, 1.165) is 57.3 Å². The Balaban J connectivity index is 1.15. The number of morpholine rings is 1. The standard InChI is InChI=1S/C31H33NO5/c1-21(22-4-5-25-18-28(34-2)10-8-23(25)16-22)31(33)37-15-13-32-12-14-36-30(20-32)27-7-6-26-19-29(35-3)11-9-24(26)17-27/h4-11,16-19,21,30H,12-15,20H2,1-3H3. The molecule has 1 saturated heterocycles. The summed E-state index contributed by atoms with van der Waals surface area (Å²) in [6, 6.07) is 24.5. The third-order valence-electron chi connectivity index (χ3n) is 7.17. The first-order valence-electron chi connectivity index (χ1n) is 12.7. The van der Waals surface area contributed by atoms with E-state index in [-0.39, 0.29) is 18.0 Å². The Morgan fingerprint density at radius 3 is 2.22 bits per heavy atom. The van der Waals surface area contributed by atoms with Crippen molar-refractivity contribution in [1.29, 1.82) is 0 Å². The summed E-state index contributed by atoms with van der Waals surface area (Å²) < 4.78 is 22.4. The van der Waals surface area contributed by atoms with Crippen molar-refractivity contribution in [3.8, 4) is 11.5 Å². The zero-order valence-electron chi connectivity index (χ0n) is 21.6. The van der Waals surface area contributed by atoms with Gasteiger partial charge in [-0.25, -0.2) is 0 Å². The van der Waals surface area contributed by atoms with E-state index in [1.54, 1.807) is 14.2 Å². The van der Waals surface area contributed by atoms with Crippen molar-refractivity contribution >= 4 is 27.5 Å². The van der Waals surface area contributed by atoms with Gasteiger partial charge < -0.3 is 18.9 Å². The lowest BCUT2D eigenvalue weighted by Gasteiger charge is -2.33. The fourth-order valence-corrected chi connectivity index (χ4v) is 4.85. The molecule has 5 rings (SSSR count). The van der Waals surface area contributed by atoms with E-state index in [1.807, 2.05) is 55.5 Å². The molecule has 0 amide bonds. The Kier molecular flexibility index (Phi) is 7.58. The second-order valence-electron chi connectivity index (χ2n) is 9.49. The number of fused-ring (bicyclic) bond motifs is 2. The van der Waals surface area contributed by atoms with Gasteiger partial charge in [0.05, 0.1) is 32.8 Å². The van der Waals surface area contributed by atoms with Crippen LogP contribution in [0.4, 0.5) is 0 Å². The van der Waals surface area contributed by atoms with E-state index in [1.165, 1.54) is 0 Å². The molecule has 37 heavy (non-hydrogen) atoms. The van der Waals surface area contributed by atoms with Crippen molar-refractivity contribution in [2.75, 3.05) is 47.1 Å². The Bertz CT molecular complexity index is 1400. The number of esters is 1. The van der Waals surface area contributed by atoms with Gasteiger partial charge >= 0.3 is 5.97 Å². The topological polar surface area (TPSA) is 57.2 Å². The zero-order valence-corrected chi connectivity index (χ0v) is 21.6. The first kappa shape index (κ1) is 25.1.